The third kappa shape index (κ3) is 5.28. The summed E-state index contributed by atoms with van der Waals surface area (Å²) < 4.78 is 14.5. The van der Waals surface area contributed by atoms with Gasteiger partial charge in [0.05, 0.1) is 40.7 Å². The first-order valence-electron chi connectivity index (χ1n) is 14.5. The van der Waals surface area contributed by atoms with E-state index < -0.39 is 17.7 Å². The van der Waals surface area contributed by atoms with Crippen LogP contribution in [0.4, 0.5) is 5.13 Å². The number of hydrogen-bond acceptors (Lipinski definition) is 8. The number of unbranched alkanes of at least 4 members (excludes halogenated alkanes) is 2. The van der Waals surface area contributed by atoms with Crippen LogP contribution < -0.4 is 14.4 Å². The zero-order valence-electron chi connectivity index (χ0n) is 24.5. The second kappa shape index (κ2) is 12.3. The molecule has 1 saturated heterocycles. The van der Waals surface area contributed by atoms with Gasteiger partial charge in [-0.2, -0.15) is 0 Å². The van der Waals surface area contributed by atoms with Crippen molar-refractivity contribution in [2.75, 3.05) is 18.1 Å². The summed E-state index contributed by atoms with van der Waals surface area (Å²) >= 11 is 7.48. The molecule has 1 atom stereocenters. The molecular weight excluding hydrogens is 600 g/mol. The van der Waals surface area contributed by atoms with Gasteiger partial charge in [0.2, 0.25) is 0 Å². The Kier molecular flexibility index (Phi) is 8.29. The van der Waals surface area contributed by atoms with Crippen LogP contribution in [0.5, 0.6) is 11.5 Å². The largest absolute Gasteiger partial charge is 0.505 e. The fourth-order valence-corrected chi connectivity index (χ4v) is 6.75. The lowest BCUT2D eigenvalue weighted by molar-refractivity contribution is -0.132. The van der Waals surface area contributed by atoms with E-state index in [1.54, 1.807) is 66.1 Å². The van der Waals surface area contributed by atoms with E-state index in [9.17, 15) is 14.7 Å². The molecule has 1 aliphatic heterocycles. The zero-order chi connectivity index (χ0) is 31.0. The summed E-state index contributed by atoms with van der Waals surface area (Å²) in [5.74, 6) is -0.905. The number of halogens is 1. The maximum atomic E-state index is 13.9. The molecular formula is C33H31ClN4O5S. The third-order valence-electron chi connectivity index (χ3n) is 7.51. The Morgan fingerprint density at radius 2 is 1.86 bits per heavy atom. The van der Waals surface area contributed by atoms with Gasteiger partial charge in [-0.15, -0.1) is 0 Å². The summed E-state index contributed by atoms with van der Waals surface area (Å²) in [6, 6.07) is 15.0. The van der Waals surface area contributed by atoms with Crippen LogP contribution in [-0.4, -0.2) is 44.4 Å². The molecule has 4 heterocycles. The molecule has 0 radical (unpaired) electrons. The number of amides is 1. The Bertz CT molecular complexity index is 1930. The standard InChI is InChI=1S/C33H31ClN4O5S/c1-4-6-9-16-43-23-14-11-20(17-24(23)42-5-2)29-27(30(39)28-19(3)35-26-10-7-8-15-37(26)28)31(40)32(41)38(29)33-36-22-13-12-21(34)18-25(22)44-33/h7-8,10-15,17-18,29,39H,4-6,9,16H2,1-3H3/b30-27+. The Labute approximate surface area is 263 Å². The first-order valence-corrected chi connectivity index (χ1v) is 15.7. The van der Waals surface area contributed by atoms with E-state index in [0.29, 0.717) is 63.0 Å². The number of benzene rings is 2. The Balaban J connectivity index is 1.54. The van der Waals surface area contributed by atoms with Gasteiger partial charge in [-0.05, 0) is 68.3 Å². The number of thiazole rings is 1. The van der Waals surface area contributed by atoms with Gasteiger partial charge in [-0.3, -0.25) is 18.9 Å². The second-order valence-electron chi connectivity index (χ2n) is 10.4. The summed E-state index contributed by atoms with van der Waals surface area (Å²) in [6.07, 6.45) is 4.78. The monoisotopic (exact) mass is 630 g/mol. The van der Waals surface area contributed by atoms with Gasteiger partial charge in [0.25, 0.3) is 5.78 Å². The van der Waals surface area contributed by atoms with Crippen LogP contribution in [0.15, 0.2) is 66.4 Å². The van der Waals surface area contributed by atoms with Crippen molar-refractivity contribution in [2.45, 2.75) is 46.1 Å². The number of aryl methyl sites for hydroxylation is 1. The average molecular weight is 631 g/mol. The van der Waals surface area contributed by atoms with Gasteiger partial charge < -0.3 is 14.6 Å². The molecule has 3 aromatic heterocycles. The van der Waals surface area contributed by atoms with Gasteiger partial charge in [-0.25, -0.2) is 9.97 Å². The van der Waals surface area contributed by atoms with Crippen molar-refractivity contribution in [1.29, 1.82) is 0 Å². The SMILES string of the molecule is CCCCCOc1ccc(C2/C(=C(\O)c3c(C)nc4ccccn34)C(=O)C(=O)N2c2nc3ccc(Cl)cc3s2)cc1OCC. The van der Waals surface area contributed by atoms with Crippen molar-refractivity contribution >= 4 is 61.4 Å². The van der Waals surface area contributed by atoms with Gasteiger partial charge in [0.15, 0.2) is 22.4 Å². The molecule has 0 spiro atoms. The highest BCUT2D eigenvalue weighted by Crippen LogP contribution is 2.46. The normalized spacial score (nSPS) is 16.4. The van der Waals surface area contributed by atoms with E-state index in [1.165, 1.54) is 16.2 Å². The number of aliphatic hydroxyl groups excluding tert-OH is 1. The van der Waals surface area contributed by atoms with Crippen LogP contribution in [0.25, 0.3) is 21.6 Å². The lowest BCUT2D eigenvalue weighted by Gasteiger charge is -2.24. The minimum atomic E-state index is -1.01. The molecule has 2 aromatic carbocycles. The van der Waals surface area contributed by atoms with Crippen molar-refractivity contribution in [1.82, 2.24) is 14.4 Å². The van der Waals surface area contributed by atoms with Crippen LogP contribution in [0, 0.1) is 6.92 Å². The number of pyridine rings is 1. The van der Waals surface area contributed by atoms with Crippen LogP contribution in [0.1, 0.15) is 56.1 Å². The highest BCUT2D eigenvalue weighted by Gasteiger charge is 2.49. The maximum Gasteiger partial charge on any atom is 0.301 e. The summed E-state index contributed by atoms with van der Waals surface area (Å²) in [5.41, 5.74) is 2.57. The number of imidazole rings is 1. The van der Waals surface area contributed by atoms with Crippen LogP contribution in [0.2, 0.25) is 5.02 Å². The summed E-state index contributed by atoms with van der Waals surface area (Å²) in [7, 11) is 0. The fraction of sp³-hybridized carbons (Fsp3) is 0.273. The van der Waals surface area contributed by atoms with Gasteiger partial charge in [-0.1, -0.05) is 54.8 Å². The van der Waals surface area contributed by atoms with Crippen molar-refractivity contribution in [3.63, 3.8) is 0 Å². The average Bonchev–Trinajstić information content (AvgIpc) is 3.66. The summed E-state index contributed by atoms with van der Waals surface area (Å²) in [6.45, 7) is 6.68. The smallest absolute Gasteiger partial charge is 0.301 e. The number of nitrogens with zero attached hydrogens (tertiary/aromatic N) is 4. The third-order valence-corrected chi connectivity index (χ3v) is 8.76. The Hall–Kier alpha value is -4.41. The highest BCUT2D eigenvalue weighted by atomic mass is 35.5. The van der Waals surface area contributed by atoms with E-state index in [1.807, 2.05) is 13.0 Å². The predicted octanol–water partition coefficient (Wildman–Crippen LogP) is 7.50. The number of Topliss-reactive ketones (excluding diaryl/α,β-unsaturated/α-hetero) is 1. The van der Waals surface area contributed by atoms with Crippen molar-refractivity contribution in [2.24, 2.45) is 0 Å². The second-order valence-corrected chi connectivity index (χ2v) is 11.9. The van der Waals surface area contributed by atoms with Crippen molar-refractivity contribution in [3.8, 4) is 11.5 Å². The number of anilines is 1. The van der Waals surface area contributed by atoms with E-state index in [0.717, 1.165) is 24.0 Å². The molecule has 11 heteroatoms. The van der Waals surface area contributed by atoms with Crippen molar-refractivity contribution < 1.29 is 24.2 Å². The molecule has 9 nitrogen and oxygen atoms in total. The lowest BCUT2D eigenvalue weighted by Crippen LogP contribution is -2.29. The number of aromatic nitrogens is 3. The molecule has 0 aliphatic carbocycles. The van der Waals surface area contributed by atoms with E-state index >= 15 is 0 Å². The van der Waals surface area contributed by atoms with E-state index in [4.69, 9.17) is 21.1 Å². The number of ketones is 1. The Morgan fingerprint density at radius 3 is 2.66 bits per heavy atom. The predicted molar refractivity (Wildman–Crippen MR) is 172 cm³/mol. The molecule has 1 amide bonds. The van der Waals surface area contributed by atoms with Gasteiger partial charge in [0, 0.05) is 11.2 Å². The molecule has 0 bridgehead atoms. The minimum absolute atomic E-state index is 0.0693. The molecule has 5 aromatic rings. The number of carbonyl (C=O) groups is 2. The minimum Gasteiger partial charge on any atom is -0.505 e. The van der Waals surface area contributed by atoms with Crippen LogP contribution in [0.3, 0.4) is 0 Å². The lowest BCUT2D eigenvalue weighted by atomic mass is 9.96. The number of hydrogen-bond donors (Lipinski definition) is 1. The van der Waals surface area contributed by atoms with Crippen LogP contribution >= 0.6 is 22.9 Å². The zero-order valence-corrected chi connectivity index (χ0v) is 26.1. The molecule has 0 saturated carbocycles. The molecule has 44 heavy (non-hydrogen) atoms. The Morgan fingerprint density at radius 1 is 1.02 bits per heavy atom. The number of aliphatic hydroxyl groups is 1. The number of carbonyl (C=O) groups excluding carboxylic acids is 2. The molecule has 1 N–H and O–H groups in total. The molecule has 226 valence electrons. The van der Waals surface area contributed by atoms with Gasteiger partial charge >= 0.3 is 5.91 Å². The number of ether oxygens (including phenoxy) is 2. The van der Waals surface area contributed by atoms with E-state index in [2.05, 4.69) is 16.9 Å². The highest BCUT2D eigenvalue weighted by molar-refractivity contribution is 7.22. The molecule has 1 aliphatic rings. The topological polar surface area (TPSA) is 106 Å². The molecule has 1 unspecified atom stereocenters. The molecule has 6 rings (SSSR count). The number of rotatable bonds is 10. The van der Waals surface area contributed by atoms with Crippen LogP contribution in [-0.2, 0) is 9.59 Å². The quantitative estimate of drug-likeness (QED) is 0.0737. The first-order chi connectivity index (χ1) is 21.3. The van der Waals surface area contributed by atoms with Crippen molar-refractivity contribution in [3.05, 3.63) is 88.3 Å². The fourth-order valence-electron chi connectivity index (χ4n) is 5.48. The maximum absolute atomic E-state index is 13.9. The van der Waals surface area contributed by atoms with E-state index in [-0.39, 0.29) is 11.3 Å². The number of fused-ring (bicyclic) bond motifs is 2. The summed E-state index contributed by atoms with van der Waals surface area (Å²) in [5, 5.41) is 12.7. The molecule has 1 fully saturated rings. The summed E-state index contributed by atoms with van der Waals surface area (Å²) in [4.78, 5) is 38.3. The van der Waals surface area contributed by atoms with Gasteiger partial charge in [0.1, 0.15) is 11.3 Å². The first kappa shape index (κ1) is 29.7.